The summed E-state index contributed by atoms with van der Waals surface area (Å²) in [5, 5.41) is 13.3. The lowest BCUT2D eigenvalue weighted by Gasteiger charge is -2.32. The second-order valence-corrected chi connectivity index (χ2v) is 19.7. The highest BCUT2D eigenvalue weighted by molar-refractivity contribution is 6.34. The highest BCUT2D eigenvalue weighted by Crippen LogP contribution is 2.34. The molecule has 11 nitrogen and oxygen atoms in total. The number of amides is 1. The number of aromatic carboxylic acids is 1. The number of aromatic nitrogens is 4. The van der Waals surface area contributed by atoms with Crippen molar-refractivity contribution >= 4 is 35.1 Å². The predicted octanol–water partition coefficient (Wildman–Crippen LogP) is 11.9. The van der Waals surface area contributed by atoms with E-state index in [-0.39, 0.29) is 28.4 Å². The van der Waals surface area contributed by atoms with Crippen LogP contribution in [0.1, 0.15) is 99.3 Å². The van der Waals surface area contributed by atoms with Gasteiger partial charge in [-0.15, -0.1) is 0 Å². The molecule has 6 heterocycles. The lowest BCUT2D eigenvalue weighted by Crippen LogP contribution is -2.42. The molecule has 0 radical (unpaired) electrons. The van der Waals surface area contributed by atoms with Crippen LogP contribution < -0.4 is 5.32 Å². The first kappa shape index (κ1) is 50.8. The fourth-order valence-electron chi connectivity index (χ4n) is 7.81. The van der Waals surface area contributed by atoms with E-state index in [1.54, 1.807) is 57.2 Å². The van der Waals surface area contributed by atoms with Gasteiger partial charge in [-0.25, -0.2) is 4.79 Å². The molecule has 0 aliphatic carbocycles. The summed E-state index contributed by atoms with van der Waals surface area (Å²) < 4.78 is 10.6. The molecular weight excluding hydrogens is 884 g/mol. The van der Waals surface area contributed by atoms with Gasteiger partial charge in [0.2, 0.25) is 0 Å². The van der Waals surface area contributed by atoms with Gasteiger partial charge in [-0.05, 0) is 104 Å². The first-order valence-electron chi connectivity index (χ1n) is 22.7. The first-order chi connectivity index (χ1) is 31.9. The van der Waals surface area contributed by atoms with Crippen molar-refractivity contribution < 1.29 is 24.2 Å². The molecule has 2 aliphatic rings. The second-order valence-electron chi connectivity index (χ2n) is 18.9. The van der Waals surface area contributed by atoms with Crippen molar-refractivity contribution in [2.75, 3.05) is 40.4 Å². The Labute approximate surface area is 405 Å². The Bertz CT molecular complexity index is 2640. The smallest absolute Gasteiger partial charge is 0.335 e. The summed E-state index contributed by atoms with van der Waals surface area (Å²) in [7, 11) is 3.47. The number of rotatable bonds is 8. The van der Waals surface area contributed by atoms with E-state index in [4.69, 9.17) is 37.8 Å². The SMILES string of the molecule is CC(C)(C)c1cc(-c2cncc(-c3ccc(C(=O)O)cc3Cl)c2)ccn1.COC1CCCN(C(=O)c2ccc(-c3cncc(-c4ccnc(C(C)(C)C)c4)c3)c(Cl)c2)C1.COC1CCCNC1. The zero-order valence-electron chi connectivity index (χ0n) is 39.8. The van der Waals surface area contributed by atoms with E-state index in [2.05, 4.69) is 85.0 Å². The number of likely N-dealkylation sites (tertiary alicyclic amines) is 1. The number of carbonyl (C=O) groups excluding carboxylic acids is 1. The predicted molar refractivity (Wildman–Crippen MR) is 269 cm³/mol. The fraction of sp³-hybridized carbons (Fsp3) is 0.370. The molecule has 2 saturated heterocycles. The Morgan fingerprint density at radius 3 is 1.58 bits per heavy atom. The van der Waals surface area contributed by atoms with Crippen LogP contribution in [0.25, 0.3) is 44.5 Å². The van der Waals surface area contributed by atoms with E-state index in [0.717, 1.165) is 81.8 Å². The summed E-state index contributed by atoms with van der Waals surface area (Å²) in [5.74, 6) is -1.01. The average Bonchev–Trinajstić information content (AvgIpc) is 3.34. The number of carbonyl (C=O) groups is 2. The van der Waals surface area contributed by atoms with Crippen molar-refractivity contribution in [1.82, 2.24) is 30.2 Å². The van der Waals surface area contributed by atoms with E-state index in [1.807, 2.05) is 47.6 Å². The molecule has 2 aliphatic heterocycles. The number of piperidine rings is 2. The molecule has 2 fully saturated rings. The van der Waals surface area contributed by atoms with Crippen molar-refractivity contribution in [3.63, 3.8) is 0 Å². The number of ether oxygens (including phenoxy) is 2. The summed E-state index contributed by atoms with van der Waals surface area (Å²) in [6.07, 6.45) is 15.8. The van der Waals surface area contributed by atoms with E-state index in [1.165, 1.54) is 25.5 Å². The molecule has 0 saturated carbocycles. The van der Waals surface area contributed by atoms with E-state index in [9.17, 15) is 9.59 Å². The monoisotopic (exact) mass is 944 g/mol. The van der Waals surface area contributed by atoms with Crippen molar-refractivity contribution in [3.05, 3.63) is 143 Å². The van der Waals surface area contributed by atoms with Crippen LogP contribution in [0.15, 0.2) is 110 Å². The van der Waals surface area contributed by atoms with Crippen LogP contribution in [0.5, 0.6) is 0 Å². The topological polar surface area (TPSA) is 140 Å². The first-order valence-corrected chi connectivity index (χ1v) is 23.4. The zero-order valence-corrected chi connectivity index (χ0v) is 41.3. The van der Waals surface area contributed by atoms with Gasteiger partial charge in [0.05, 0.1) is 17.8 Å². The fourth-order valence-corrected chi connectivity index (χ4v) is 8.39. The molecule has 4 aromatic heterocycles. The number of nitrogens with one attached hydrogen (secondary N) is 1. The quantitative estimate of drug-likeness (QED) is 0.152. The molecule has 0 bridgehead atoms. The molecule has 2 unspecified atom stereocenters. The second kappa shape index (κ2) is 23.0. The van der Waals surface area contributed by atoms with Gasteiger partial charge in [-0.1, -0.05) is 76.9 Å². The van der Waals surface area contributed by atoms with Gasteiger partial charge in [0.15, 0.2) is 0 Å². The Morgan fingerprint density at radius 1 is 0.642 bits per heavy atom. The zero-order chi connectivity index (χ0) is 48.3. The lowest BCUT2D eigenvalue weighted by molar-refractivity contribution is 0.0269. The highest BCUT2D eigenvalue weighted by Gasteiger charge is 2.25. The molecule has 6 aromatic rings. The highest BCUT2D eigenvalue weighted by atomic mass is 35.5. The maximum absolute atomic E-state index is 13.0. The molecule has 8 rings (SSSR count). The van der Waals surface area contributed by atoms with Gasteiger partial charge in [0.1, 0.15) is 0 Å². The Morgan fingerprint density at radius 2 is 1.13 bits per heavy atom. The molecule has 13 heteroatoms. The molecule has 2 N–H and O–H groups in total. The average molecular weight is 946 g/mol. The van der Waals surface area contributed by atoms with Crippen molar-refractivity contribution in [3.8, 4) is 44.5 Å². The minimum Gasteiger partial charge on any atom is -0.478 e. The minimum absolute atomic E-state index is 0.0106. The van der Waals surface area contributed by atoms with Crippen LogP contribution in [-0.4, -0.2) is 94.4 Å². The number of benzene rings is 2. The van der Waals surface area contributed by atoms with E-state index in [0.29, 0.717) is 28.3 Å². The number of methoxy groups -OCH3 is 2. The Hall–Kier alpha value is -5.56. The number of carboxylic acid groups (broad SMARTS) is 1. The van der Waals surface area contributed by atoms with Crippen molar-refractivity contribution in [2.45, 2.75) is 90.3 Å². The molecule has 0 spiro atoms. The number of pyridine rings is 4. The molecule has 1 amide bonds. The van der Waals surface area contributed by atoms with Crippen LogP contribution in [0.3, 0.4) is 0 Å². The van der Waals surface area contributed by atoms with Gasteiger partial charge in [-0.2, -0.15) is 0 Å². The number of hydrogen-bond donors (Lipinski definition) is 2. The largest absolute Gasteiger partial charge is 0.478 e. The maximum Gasteiger partial charge on any atom is 0.335 e. The van der Waals surface area contributed by atoms with Gasteiger partial charge in [0.25, 0.3) is 5.91 Å². The Balaban J connectivity index is 0.000000193. The molecule has 67 heavy (non-hydrogen) atoms. The van der Waals surface area contributed by atoms with Crippen LogP contribution >= 0.6 is 23.2 Å². The Kier molecular flexibility index (Phi) is 17.4. The number of carboxylic acids is 1. The minimum atomic E-state index is -1.00. The van der Waals surface area contributed by atoms with Gasteiger partial charge in [0, 0.05) is 142 Å². The molecular formula is C54H62Cl2N6O5. The summed E-state index contributed by atoms with van der Waals surface area (Å²) in [6.45, 7) is 16.4. The number of halogens is 2. The molecule has 352 valence electrons. The van der Waals surface area contributed by atoms with Crippen LogP contribution in [0.4, 0.5) is 0 Å². The molecule has 2 aromatic carbocycles. The molecule has 2 atom stereocenters. The van der Waals surface area contributed by atoms with Crippen LogP contribution in [0, 0.1) is 0 Å². The lowest BCUT2D eigenvalue weighted by atomic mass is 9.90. The van der Waals surface area contributed by atoms with Crippen LogP contribution in [0.2, 0.25) is 10.0 Å². The van der Waals surface area contributed by atoms with Crippen LogP contribution in [-0.2, 0) is 20.3 Å². The summed E-state index contributed by atoms with van der Waals surface area (Å²) in [5.41, 5.74) is 10.1. The maximum atomic E-state index is 13.0. The third kappa shape index (κ3) is 13.8. The normalized spacial score (nSPS) is 16.2. The summed E-state index contributed by atoms with van der Waals surface area (Å²) in [6, 6.07) is 22.4. The van der Waals surface area contributed by atoms with Gasteiger partial charge >= 0.3 is 5.97 Å². The summed E-state index contributed by atoms with van der Waals surface area (Å²) >= 11 is 12.9. The van der Waals surface area contributed by atoms with E-state index >= 15 is 0 Å². The van der Waals surface area contributed by atoms with E-state index < -0.39 is 5.97 Å². The third-order valence-corrected chi connectivity index (χ3v) is 12.5. The van der Waals surface area contributed by atoms with Gasteiger partial charge in [-0.3, -0.25) is 24.7 Å². The summed E-state index contributed by atoms with van der Waals surface area (Å²) in [4.78, 5) is 43.7. The van der Waals surface area contributed by atoms with Crippen molar-refractivity contribution in [2.24, 2.45) is 0 Å². The van der Waals surface area contributed by atoms with Crippen molar-refractivity contribution in [1.29, 1.82) is 0 Å². The number of hydrogen-bond acceptors (Lipinski definition) is 9. The number of nitrogens with zero attached hydrogens (tertiary/aromatic N) is 5. The standard InChI is InChI=1S/C27H30ClN3O2.C21H19ClN2O2.C6H13NO/c1-27(2,3)25-14-18(9-10-30-25)20-12-21(16-29-15-20)23-8-7-19(13-24(23)28)26(32)31-11-5-6-22(17-31)33-4;1-21(2,3)19-10-13(6-7-24-19)15-8-16(12-23-11-15)17-5-4-14(20(25)26)9-18(17)22;1-8-6-3-2-4-7-5-6/h7-10,12-16,22H,5-6,11,17H2,1-4H3;4-12H,1-3H3,(H,25,26);6-7H,2-5H2,1H3. The third-order valence-electron chi connectivity index (χ3n) is 11.8. The van der Waals surface area contributed by atoms with Gasteiger partial charge < -0.3 is 24.8 Å².